The van der Waals surface area contributed by atoms with Crippen LogP contribution < -0.4 is 11.2 Å². The summed E-state index contributed by atoms with van der Waals surface area (Å²) in [6, 6.07) is 9.01. The van der Waals surface area contributed by atoms with Gasteiger partial charge in [-0.2, -0.15) is 17.9 Å². The number of oxime groups is 1. The number of rotatable bonds is 6. The molecule has 0 aliphatic rings. The highest BCUT2D eigenvalue weighted by Gasteiger charge is 2.16. The summed E-state index contributed by atoms with van der Waals surface area (Å²) in [7, 11) is -4.15. The highest BCUT2D eigenvalue weighted by atomic mass is 32.2. The molecule has 0 aliphatic heterocycles. The number of nitrogens with one attached hydrogen (secondary N) is 1. The Hall–Kier alpha value is -3.54. The maximum atomic E-state index is 13.2. The van der Waals surface area contributed by atoms with Gasteiger partial charge in [0.25, 0.3) is 5.96 Å². The average Bonchev–Trinajstić information content (AvgIpc) is 2.61. The van der Waals surface area contributed by atoms with E-state index >= 15 is 0 Å². The van der Waals surface area contributed by atoms with Crippen LogP contribution in [0.2, 0.25) is 0 Å². The predicted molar refractivity (Wildman–Crippen MR) is 94.9 cm³/mol. The van der Waals surface area contributed by atoms with Gasteiger partial charge in [0.05, 0.1) is 11.1 Å². The molecule has 0 unspecified atom stereocenters. The maximum Gasteiger partial charge on any atom is 0.358 e. The summed E-state index contributed by atoms with van der Waals surface area (Å²) in [5.74, 6) is -1.47. The van der Waals surface area contributed by atoms with Crippen LogP contribution >= 0.6 is 0 Å². The van der Waals surface area contributed by atoms with Gasteiger partial charge in [-0.3, -0.25) is 14.4 Å². The van der Waals surface area contributed by atoms with Gasteiger partial charge in [0.2, 0.25) is 5.82 Å². The Kier molecular flexibility index (Phi) is 6.03. The van der Waals surface area contributed by atoms with Gasteiger partial charge >= 0.3 is 15.8 Å². The number of hydrazone groups is 1. The Morgan fingerprint density at radius 1 is 1.30 bits per heavy atom. The minimum Gasteiger partial charge on any atom is -0.366 e. The summed E-state index contributed by atoms with van der Waals surface area (Å²) < 4.78 is 41.5. The molecule has 0 fully saturated rings. The van der Waals surface area contributed by atoms with E-state index in [0.29, 0.717) is 0 Å². The molecule has 0 atom stereocenters. The molecule has 0 aromatic heterocycles. The molecule has 10 nitrogen and oxygen atoms in total. The van der Waals surface area contributed by atoms with Crippen LogP contribution in [0.5, 0.6) is 0 Å². The van der Waals surface area contributed by atoms with Crippen molar-refractivity contribution >= 4 is 28.0 Å². The first kappa shape index (κ1) is 19.8. The smallest absolute Gasteiger partial charge is 0.358 e. The Morgan fingerprint density at radius 2 is 1.96 bits per heavy atom. The lowest BCUT2D eigenvalue weighted by Crippen LogP contribution is -2.28. The van der Waals surface area contributed by atoms with Crippen molar-refractivity contribution < 1.29 is 22.0 Å². The van der Waals surface area contributed by atoms with Gasteiger partial charge < -0.3 is 5.73 Å². The van der Waals surface area contributed by atoms with Crippen LogP contribution in [0.15, 0.2) is 57.6 Å². The van der Waals surface area contributed by atoms with Gasteiger partial charge in [-0.15, -0.1) is 0 Å². The van der Waals surface area contributed by atoms with E-state index in [4.69, 9.17) is 5.73 Å². The van der Waals surface area contributed by atoms with Crippen molar-refractivity contribution in [1.82, 2.24) is 5.43 Å². The molecular formula is C15H14FN5O5S. The first-order chi connectivity index (χ1) is 12.7. The predicted octanol–water partition coefficient (Wildman–Crippen LogP) is 1.60. The third-order valence-corrected chi connectivity index (χ3v) is 4.22. The molecule has 0 saturated carbocycles. The van der Waals surface area contributed by atoms with Crippen LogP contribution in [0.25, 0.3) is 0 Å². The van der Waals surface area contributed by atoms with E-state index in [-0.39, 0.29) is 10.5 Å². The second-order valence-corrected chi connectivity index (χ2v) is 6.68. The first-order valence-electron chi connectivity index (χ1n) is 7.26. The normalized spacial score (nSPS) is 12.1. The van der Waals surface area contributed by atoms with Crippen molar-refractivity contribution in [3.8, 4) is 0 Å². The molecule has 2 aromatic rings. The summed E-state index contributed by atoms with van der Waals surface area (Å²) in [5.41, 5.74) is 7.95. The van der Waals surface area contributed by atoms with Crippen molar-refractivity contribution in [3.05, 3.63) is 69.5 Å². The molecule has 0 heterocycles. The van der Waals surface area contributed by atoms with E-state index in [1.807, 2.05) is 0 Å². The molecule has 0 amide bonds. The fourth-order valence-electron chi connectivity index (χ4n) is 1.78. The number of aryl methyl sites for hydroxylation is 1. The van der Waals surface area contributed by atoms with E-state index in [1.54, 1.807) is 19.1 Å². The standard InChI is InChI=1S/C15H14FN5O5S/c1-10-2-5-12(6-3-10)27(24,25)26-20-15(17)19-18-9-11-4-7-13(16)14(8-11)21(22)23/h2-9H,1H3,(H3,17,19,20). The molecule has 2 rings (SSSR count). The first-order valence-corrected chi connectivity index (χ1v) is 8.66. The monoisotopic (exact) mass is 395 g/mol. The summed E-state index contributed by atoms with van der Waals surface area (Å²) in [6.45, 7) is 1.80. The van der Waals surface area contributed by atoms with E-state index in [1.165, 1.54) is 18.2 Å². The second kappa shape index (κ2) is 8.23. The zero-order valence-electron chi connectivity index (χ0n) is 13.9. The van der Waals surface area contributed by atoms with E-state index in [9.17, 15) is 22.9 Å². The quantitative estimate of drug-likeness (QED) is 0.326. The lowest BCUT2D eigenvalue weighted by molar-refractivity contribution is -0.387. The SMILES string of the molecule is Cc1ccc(S(=O)(=O)ON=C(N)NN=Cc2ccc(F)c([N+](=O)[O-])c2)cc1. The van der Waals surface area contributed by atoms with Crippen LogP contribution in [0.3, 0.4) is 0 Å². The van der Waals surface area contributed by atoms with Crippen LogP contribution in [0.1, 0.15) is 11.1 Å². The van der Waals surface area contributed by atoms with Crippen LogP contribution in [0.4, 0.5) is 10.1 Å². The van der Waals surface area contributed by atoms with Crippen molar-refractivity contribution in [1.29, 1.82) is 0 Å². The van der Waals surface area contributed by atoms with Gasteiger partial charge in [-0.1, -0.05) is 17.7 Å². The molecule has 0 radical (unpaired) electrons. The van der Waals surface area contributed by atoms with Crippen molar-refractivity contribution in [2.75, 3.05) is 0 Å². The molecule has 0 aliphatic carbocycles. The largest absolute Gasteiger partial charge is 0.366 e. The molecule has 2 aromatic carbocycles. The van der Waals surface area contributed by atoms with Gasteiger partial charge in [0.15, 0.2) is 0 Å². The minimum absolute atomic E-state index is 0.105. The Morgan fingerprint density at radius 3 is 2.59 bits per heavy atom. The molecule has 27 heavy (non-hydrogen) atoms. The van der Waals surface area contributed by atoms with Crippen LogP contribution in [-0.4, -0.2) is 25.5 Å². The van der Waals surface area contributed by atoms with Crippen LogP contribution in [-0.2, 0) is 14.4 Å². The lowest BCUT2D eigenvalue weighted by Gasteiger charge is -2.03. The number of hydrogen-bond acceptors (Lipinski definition) is 7. The number of halogens is 1. The van der Waals surface area contributed by atoms with Gasteiger partial charge in [0.1, 0.15) is 4.90 Å². The molecule has 0 spiro atoms. The summed E-state index contributed by atoms with van der Waals surface area (Å²) in [4.78, 5) is 9.68. The van der Waals surface area contributed by atoms with E-state index in [2.05, 4.69) is 20.0 Å². The van der Waals surface area contributed by atoms with E-state index in [0.717, 1.165) is 23.9 Å². The highest BCUT2D eigenvalue weighted by Crippen LogP contribution is 2.17. The van der Waals surface area contributed by atoms with Crippen molar-refractivity contribution in [2.24, 2.45) is 16.0 Å². The van der Waals surface area contributed by atoms with Gasteiger partial charge in [0, 0.05) is 11.6 Å². The zero-order chi connectivity index (χ0) is 20.0. The highest BCUT2D eigenvalue weighted by molar-refractivity contribution is 7.86. The van der Waals surface area contributed by atoms with Crippen LogP contribution in [0, 0.1) is 22.9 Å². The number of benzene rings is 2. The minimum atomic E-state index is -4.15. The molecule has 0 bridgehead atoms. The summed E-state index contributed by atoms with van der Waals surface area (Å²) in [5, 5.41) is 17.5. The maximum absolute atomic E-state index is 13.2. The third kappa shape index (κ3) is 5.47. The summed E-state index contributed by atoms with van der Waals surface area (Å²) in [6.07, 6.45) is 1.10. The topological polar surface area (TPSA) is 149 Å². The fraction of sp³-hybridized carbons (Fsp3) is 0.0667. The number of nitro benzene ring substituents is 1. The van der Waals surface area contributed by atoms with Gasteiger partial charge in [-0.05, 0) is 36.3 Å². The molecule has 142 valence electrons. The number of nitro groups is 1. The van der Waals surface area contributed by atoms with E-state index < -0.39 is 32.5 Å². The number of hydrogen-bond donors (Lipinski definition) is 2. The average molecular weight is 395 g/mol. The number of nitrogens with two attached hydrogens (primary N) is 1. The molecule has 12 heteroatoms. The number of nitrogens with zero attached hydrogens (tertiary/aromatic N) is 3. The fourth-order valence-corrected chi connectivity index (χ4v) is 2.51. The Labute approximate surface area is 153 Å². The molecule has 0 saturated heterocycles. The van der Waals surface area contributed by atoms with Crippen molar-refractivity contribution in [3.63, 3.8) is 0 Å². The number of guanidine groups is 1. The Balaban J connectivity index is 2.01. The lowest BCUT2D eigenvalue weighted by atomic mass is 10.2. The van der Waals surface area contributed by atoms with Gasteiger partial charge in [-0.25, -0.2) is 5.43 Å². The third-order valence-electron chi connectivity index (χ3n) is 3.10. The molecule has 3 N–H and O–H groups in total. The molecular weight excluding hydrogens is 381 g/mol. The zero-order valence-corrected chi connectivity index (χ0v) is 14.7. The van der Waals surface area contributed by atoms with Crippen molar-refractivity contribution in [2.45, 2.75) is 11.8 Å². The summed E-state index contributed by atoms with van der Waals surface area (Å²) >= 11 is 0. The Bertz CT molecular complexity index is 1010. The second-order valence-electron chi connectivity index (χ2n) is 5.16.